The van der Waals surface area contributed by atoms with Crippen molar-refractivity contribution in [3.05, 3.63) is 75.7 Å². The van der Waals surface area contributed by atoms with Crippen LogP contribution < -0.4 is 9.47 Å². The van der Waals surface area contributed by atoms with Crippen molar-refractivity contribution in [3.8, 4) is 11.5 Å². The first-order valence-corrected chi connectivity index (χ1v) is 6.45. The first-order valence-electron chi connectivity index (χ1n) is 6.45. The molecule has 2 aromatic carbocycles. The van der Waals surface area contributed by atoms with E-state index in [0.717, 1.165) is 11.8 Å². The number of benzene rings is 2. The van der Waals surface area contributed by atoms with Crippen molar-refractivity contribution in [3.63, 3.8) is 0 Å². The molecule has 22 heavy (non-hydrogen) atoms. The molecule has 2 rings (SSSR count). The second kappa shape index (κ2) is 7.21. The highest BCUT2D eigenvalue weighted by molar-refractivity contribution is 5.55. The fraction of sp³-hybridized carbons (Fsp3) is 0.125. The summed E-state index contributed by atoms with van der Waals surface area (Å²) >= 11 is 0. The molecule has 0 amide bonds. The highest BCUT2D eigenvalue weighted by Crippen LogP contribution is 2.29. The summed E-state index contributed by atoms with van der Waals surface area (Å²) in [5, 5.41) is 10.3. The van der Waals surface area contributed by atoms with Crippen LogP contribution in [0.15, 0.2) is 48.7 Å². The van der Waals surface area contributed by atoms with Gasteiger partial charge in [-0.2, -0.15) is 0 Å². The third-order valence-electron chi connectivity index (χ3n) is 2.88. The summed E-state index contributed by atoms with van der Waals surface area (Å²) in [5.74, 6) is 0.668. The van der Waals surface area contributed by atoms with E-state index in [0.29, 0.717) is 17.1 Å². The number of methoxy groups -OCH3 is 1. The monoisotopic (exact) mass is 303 g/mol. The van der Waals surface area contributed by atoms with Gasteiger partial charge < -0.3 is 9.47 Å². The van der Waals surface area contributed by atoms with Gasteiger partial charge in [-0.1, -0.05) is 18.2 Å². The van der Waals surface area contributed by atoms with Crippen LogP contribution in [0.4, 0.5) is 4.39 Å². The Hall–Kier alpha value is -2.89. The Morgan fingerprint density at radius 3 is 2.55 bits per heavy atom. The molecule has 0 unspecified atom stereocenters. The van der Waals surface area contributed by atoms with Gasteiger partial charge in [-0.3, -0.25) is 10.1 Å². The van der Waals surface area contributed by atoms with Crippen LogP contribution in [0.2, 0.25) is 0 Å². The molecule has 0 spiro atoms. The first-order chi connectivity index (χ1) is 10.6. The summed E-state index contributed by atoms with van der Waals surface area (Å²) in [7, 11) is 1.49. The molecule has 0 aliphatic carbocycles. The average Bonchev–Trinajstić information content (AvgIpc) is 2.52. The molecule has 0 N–H and O–H groups in total. The lowest BCUT2D eigenvalue weighted by Gasteiger charge is -2.11. The van der Waals surface area contributed by atoms with Crippen LogP contribution in [0.3, 0.4) is 0 Å². The number of hydrogen-bond donors (Lipinski definition) is 0. The molecule has 114 valence electrons. The summed E-state index contributed by atoms with van der Waals surface area (Å²) in [6.07, 6.45) is 2.22. The Balaban J connectivity index is 2.10. The zero-order valence-electron chi connectivity index (χ0n) is 11.9. The molecule has 6 heteroatoms. The lowest BCUT2D eigenvalue weighted by Crippen LogP contribution is -1.98. The SMILES string of the molecule is COc1cc(/C=C/[N+](=O)[O-])ccc1OCc1ccc(F)cc1. The van der Waals surface area contributed by atoms with Crippen molar-refractivity contribution in [1.82, 2.24) is 0 Å². The van der Waals surface area contributed by atoms with E-state index in [1.807, 2.05) is 0 Å². The Morgan fingerprint density at radius 2 is 1.91 bits per heavy atom. The van der Waals surface area contributed by atoms with E-state index in [-0.39, 0.29) is 12.4 Å². The molecule has 0 saturated heterocycles. The first kappa shape index (κ1) is 15.5. The van der Waals surface area contributed by atoms with Gasteiger partial charge in [0.2, 0.25) is 6.20 Å². The molecule has 2 aromatic rings. The van der Waals surface area contributed by atoms with E-state index in [9.17, 15) is 14.5 Å². The van der Waals surface area contributed by atoms with E-state index in [1.54, 1.807) is 30.3 Å². The Labute approximate surface area is 126 Å². The van der Waals surface area contributed by atoms with Crippen molar-refractivity contribution in [1.29, 1.82) is 0 Å². The molecule has 5 nitrogen and oxygen atoms in total. The number of hydrogen-bond acceptors (Lipinski definition) is 4. The average molecular weight is 303 g/mol. The maximum Gasteiger partial charge on any atom is 0.235 e. The third-order valence-corrected chi connectivity index (χ3v) is 2.88. The smallest absolute Gasteiger partial charge is 0.235 e. The molecule has 0 radical (unpaired) electrons. The molecule has 0 aliphatic heterocycles. The van der Waals surface area contributed by atoms with Gasteiger partial charge in [0.15, 0.2) is 11.5 Å². The number of halogens is 1. The van der Waals surface area contributed by atoms with Crippen molar-refractivity contribution in [2.45, 2.75) is 6.61 Å². The topological polar surface area (TPSA) is 61.6 Å². The Bertz CT molecular complexity index is 683. The minimum Gasteiger partial charge on any atom is -0.493 e. The third kappa shape index (κ3) is 4.31. The highest BCUT2D eigenvalue weighted by atomic mass is 19.1. The summed E-state index contributed by atoms with van der Waals surface area (Å²) in [4.78, 5) is 9.78. The fourth-order valence-corrected chi connectivity index (χ4v) is 1.80. The van der Waals surface area contributed by atoms with Gasteiger partial charge in [-0.25, -0.2) is 4.39 Å². The Morgan fingerprint density at radius 1 is 1.18 bits per heavy atom. The van der Waals surface area contributed by atoms with E-state index in [1.165, 1.54) is 25.3 Å². The predicted molar refractivity (Wildman–Crippen MR) is 79.8 cm³/mol. The van der Waals surface area contributed by atoms with Gasteiger partial charge >= 0.3 is 0 Å². The zero-order chi connectivity index (χ0) is 15.9. The lowest BCUT2D eigenvalue weighted by molar-refractivity contribution is -0.400. The van der Waals surface area contributed by atoms with Crippen LogP contribution in [0.25, 0.3) is 6.08 Å². The quantitative estimate of drug-likeness (QED) is 0.603. The second-order valence-electron chi connectivity index (χ2n) is 4.43. The van der Waals surface area contributed by atoms with Crippen LogP contribution in [0.5, 0.6) is 11.5 Å². The van der Waals surface area contributed by atoms with Crippen molar-refractivity contribution < 1.29 is 18.8 Å². The minimum absolute atomic E-state index is 0.265. The molecule has 0 atom stereocenters. The van der Waals surface area contributed by atoms with Crippen LogP contribution in [0, 0.1) is 15.9 Å². The normalized spacial score (nSPS) is 10.6. The van der Waals surface area contributed by atoms with E-state index < -0.39 is 4.92 Å². The van der Waals surface area contributed by atoms with Gasteiger partial charge in [0.1, 0.15) is 12.4 Å². The van der Waals surface area contributed by atoms with Gasteiger partial charge in [0, 0.05) is 6.08 Å². The zero-order valence-corrected chi connectivity index (χ0v) is 11.9. The molecular weight excluding hydrogens is 289 g/mol. The number of ether oxygens (including phenoxy) is 2. The minimum atomic E-state index is -0.536. The molecule has 0 fully saturated rings. The van der Waals surface area contributed by atoms with Crippen LogP contribution in [-0.4, -0.2) is 12.0 Å². The molecule has 0 aromatic heterocycles. The highest BCUT2D eigenvalue weighted by Gasteiger charge is 2.06. The molecule has 0 saturated carbocycles. The standard InChI is InChI=1S/C16H14FNO4/c1-21-16-10-12(8-9-18(19)20)4-7-15(16)22-11-13-2-5-14(17)6-3-13/h2-10H,11H2,1H3/b9-8+. The lowest BCUT2D eigenvalue weighted by atomic mass is 10.2. The summed E-state index contributed by atoms with van der Waals surface area (Å²) in [6, 6.07) is 11.0. The fourth-order valence-electron chi connectivity index (χ4n) is 1.80. The maximum absolute atomic E-state index is 12.8. The largest absolute Gasteiger partial charge is 0.493 e. The predicted octanol–water partition coefficient (Wildman–Crippen LogP) is 3.66. The van der Waals surface area contributed by atoms with E-state index in [4.69, 9.17) is 9.47 Å². The summed E-state index contributed by atoms with van der Waals surface area (Å²) < 4.78 is 23.7. The Kier molecular flexibility index (Phi) is 5.08. The van der Waals surface area contributed by atoms with E-state index in [2.05, 4.69) is 0 Å². The molecular formula is C16H14FNO4. The van der Waals surface area contributed by atoms with Crippen LogP contribution in [0.1, 0.15) is 11.1 Å². The number of rotatable bonds is 6. The molecule has 0 aliphatic rings. The maximum atomic E-state index is 12.8. The van der Waals surface area contributed by atoms with Gasteiger partial charge in [-0.05, 0) is 35.4 Å². The summed E-state index contributed by atoms with van der Waals surface area (Å²) in [6.45, 7) is 0.265. The van der Waals surface area contributed by atoms with Crippen LogP contribution in [-0.2, 0) is 6.61 Å². The second-order valence-corrected chi connectivity index (χ2v) is 4.43. The van der Waals surface area contributed by atoms with E-state index >= 15 is 0 Å². The number of nitro groups is 1. The molecule has 0 heterocycles. The summed E-state index contributed by atoms with van der Waals surface area (Å²) in [5.41, 5.74) is 1.45. The number of nitrogens with zero attached hydrogens (tertiary/aromatic N) is 1. The van der Waals surface area contributed by atoms with Gasteiger partial charge in [-0.15, -0.1) is 0 Å². The van der Waals surface area contributed by atoms with Gasteiger partial charge in [0.05, 0.1) is 12.0 Å². The van der Waals surface area contributed by atoms with Crippen molar-refractivity contribution in [2.75, 3.05) is 7.11 Å². The molecule has 0 bridgehead atoms. The van der Waals surface area contributed by atoms with Crippen molar-refractivity contribution >= 4 is 6.08 Å². The van der Waals surface area contributed by atoms with Crippen LogP contribution >= 0.6 is 0 Å². The van der Waals surface area contributed by atoms with Gasteiger partial charge in [0.25, 0.3) is 0 Å². The van der Waals surface area contributed by atoms with Crippen molar-refractivity contribution in [2.24, 2.45) is 0 Å².